The monoisotopic (exact) mass is 1920 g/mol. The molecule has 6 aromatic carbocycles. The number of carbonyl (C=O) groups is 12. The van der Waals surface area contributed by atoms with Crippen molar-refractivity contribution in [1.82, 2.24) is 57.3 Å². The van der Waals surface area contributed by atoms with Crippen LogP contribution in [0, 0.1) is 17.3 Å². The van der Waals surface area contributed by atoms with E-state index in [1.165, 1.54) is 79.8 Å². The number of nitrogens with zero attached hydrogens (tertiary/aromatic N) is 12. The van der Waals surface area contributed by atoms with E-state index in [1.807, 2.05) is 224 Å². The van der Waals surface area contributed by atoms with Gasteiger partial charge in [0.15, 0.2) is 0 Å². The summed E-state index contributed by atoms with van der Waals surface area (Å²) >= 11 is 0. The number of imidazole rings is 6. The lowest BCUT2D eigenvalue weighted by Gasteiger charge is -2.24. The van der Waals surface area contributed by atoms with Crippen LogP contribution in [0.5, 0.6) is 0 Å². The van der Waals surface area contributed by atoms with Crippen LogP contribution in [0.1, 0.15) is 249 Å². The van der Waals surface area contributed by atoms with Crippen molar-refractivity contribution in [2.45, 2.75) is 170 Å². The number of rotatable bonds is 36. The molecule has 140 heavy (non-hydrogen) atoms. The van der Waals surface area contributed by atoms with Crippen molar-refractivity contribution >= 4 is 71.6 Å². The summed E-state index contributed by atoms with van der Waals surface area (Å²) in [5.74, 6) is -6.64. The third-order valence-corrected chi connectivity index (χ3v) is 22.0. The van der Waals surface area contributed by atoms with Crippen molar-refractivity contribution in [2.75, 3.05) is 62.5 Å². The van der Waals surface area contributed by atoms with Gasteiger partial charge in [-0.25, -0.2) is 58.7 Å². The van der Waals surface area contributed by atoms with E-state index < -0.39 is 107 Å². The van der Waals surface area contributed by atoms with Crippen LogP contribution in [0.4, 0.5) is 0 Å². The number of esters is 12. The molecule has 0 saturated carbocycles. The Labute approximate surface area is 813 Å². The second kappa shape index (κ2) is 55.4. The van der Waals surface area contributed by atoms with Crippen LogP contribution in [0.3, 0.4) is 0 Å². The lowest BCUT2D eigenvalue weighted by atomic mass is 9.95. The molecule has 36 nitrogen and oxygen atoms in total. The Morgan fingerprint density at radius 1 is 0.286 bits per heavy atom. The smallest absolute Gasteiger partial charge is 0.357 e. The third-order valence-electron chi connectivity index (χ3n) is 22.0. The first kappa shape index (κ1) is 111. The first-order valence-corrected chi connectivity index (χ1v) is 44.9. The van der Waals surface area contributed by atoms with Gasteiger partial charge >= 0.3 is 71.6 Å². The van der Waals surface area contributed by atoms with Crippen molar-refractivity contribution in [2.24, 2.45) is 17.3 Å². The zero-order valence-electron chi connectivity index (χ0n) is 82.4. The average molecular weight is 1930 g/mol. The van der Waals surface area contributed by atoms with E-state index in [1.54, 1.807) is 121 Å². The largest absolute Gasteiger partial charge is 0.469 e. The van der Waals surface area contributed by atoms with Gasteiger partial charge in [-0.1, -0.05) is 182 Å². The van der Waals surface area contributed by atoms with E-state index in [0.29, 0.717) is 34.2 Å². The highest BCUT2D eigenvalue weighted by Gasteiger charge is 2.34. The first-order valence-electron chi connectivity index (χ1n) is 44.9. The molecule has 0 bridgehead atoms. The Morgan fingerprint density at radius 2 is 0.514 bits per heavy atom. The standard InChI is InChI=1S/2C18H22N2O4.4C17H20N2O4/c1-13(14-8-6-5-7-9-14)20-12-19-11-15(20)17(22)24-18(2,3)10-16(21)23-4;1-13(14-8-6-5-7-9-14)20-12-19-10-15(20)16(21)24-11-18(2,3)17(22)23-4;2*1-12(16(20)22-3)10-23-17(21)15-9-18-11-19(15)13(2)14-7-5-4-6-8-14;2*1-12(9-16(20)22-3)23-17(21)15-10-18-11-19(15)13(2)14-7-5-4-6-8-14/h5-9,11-13H,10H2,1-4H3;5-10,12-13H,11H2,1-4H3;2*4-9,11-13H,10H2,1-3H3;2*4-8,10-13H,9H2,1-3H3/t2*13-;12-,13+;12-,13-;12-,13+;12-,13-/m110101/s1. The van der Waals surface area contributed by atoms with Gasteiger partial charge < -0.3 is 84.2 Å². The van der Waals surface area contributed by atoms with Crippen molar-refractivity contribution in [3.05, 3.63) is 325 Å². The normalized spacial score (nSPS) is 12.9. The molecule has 6 heterocycles. The van der Waals surface area contributed by atoms with Crippen molar-refractivity contribution in [3.63, 3.8) is 0 Å². The molecule has 744 valence electrons. The summed E-state index contributed by atoms with van der Waals surface area (Å²) < 4.78 is 70.0. The molecule has 0 saturated heterocycles. The minimum absolute atomic E-state index is 0.0163. The summed E-state index contributed by atoms with van der Waals surface area (Å²) in [6, 6.07) is 58.4. The number of benzene rings is 6. The van der Waals surface area contributed by atoms with Crippen LogP contribution < -0.4 is 0 Å². The third kappa shape index (κ3) is 33.3. The Balaban J connectivity index is 0.000000228. The van der Waals surface area contributed by atoms with E-state index in [-0.39, 0.29) is 75.3 Å². The zero-order valence-corrected chi connectivity index (χ0v) is 82.4. The van der Waals surface area contributed by atoms with Gasteiger partial charge in [-0.3, -0.25) is 28.8 Å². The van der Waals surface area contributed by atoms with Crippen LogP contribution in [0.2, 0.25) is 0 Å². The van der Waals surface area contributed by atoms with Gasteiger partial charge in [-0.05, 0) is 130 Å². The topological polar surface area (TPSA) is 423 Å². The second-order valence-corrected chi connectivity index (χ2v) is 33.5. The summed E-state index contributed by atoms with van der Waals surface area (Å²) in [5.41, 5.74) is 6.53. The molecule has 0 radical (unpaired) electrons. The van der Waals surface area contributed by atoms with Crippen LogP contribution >= 0.6 is 0 Å². The number of carbonyl (C=O) groups excluding carboxylic acids is 12. The van der Waals surface area contributed by atoms with Gasteiger partial charge in [0.1, 0.15) is 71.8 Å². The predicted molar refractivity (Wildman–Crippen MR) is 513 cm³/mol. The summed E-state index contributed by atoms with van der Waals surface area (Å²) in [6.07, 6.45) is 17.3. The van der Waals surface area contributed by atoms with Crippen molar-refractivity contribution in [1.29, 1.82) is 0 Å². The van der Waals surface area contributed by atoms with E-state index in [2.05, 4.69) is 53.6 Å². The molecule has 0 fully saturated rings. The molecule has 6 aromatic heterocycles. The molecule has 0 aliphatic heterocycles. The van der Waals surface area contributed by atoms with E-state index in [4.69, 9.17) is 33.2 Å². The molecule has 0 amide bonds. The number of methoxy groups -OCH3 is 6. The SMILES string of the molecule is COC(=O)C(C)(C)COC(=O)c1cncn1[C@H](C)c1ccccc1.COC(=O)CC(C)(C)OC(=O)c1cncn1[C@H](C)c1ccccc1.COC(=O)C[C@@H](C)OC(=O)c1cncn1[C@H](C)c1ccccc1.COC(=O)C[C@H](C)OC(=O)c1cncn1[C@H](C)c1ccccc1.COC(=O)[C@@H](C)COC(=O)c1cncn1[C@H](C)c1ccccc1.COC(=O)[C@H](C)COC(=O)c1cncn1[C@H](C)c1ccccc1. The highest BCUT2D eigenvalue weighted by molar-refractivity contribution is 5.91. The van der Waals surface area contributed by atoms with Gasteiger partial charge in [-0.2, -0.15) is 0 Å². The molecule has 36 heteroatoms. The van der Waals surface area contributed by atoms with Crippen LogP contribution in [-0.4, -0.2) is 209 Å². The molecule has 12 aromatic rings. The molecule has 10 atom stereocenters. The second-order valence-electron chi connectivity index (χ2n) is 33.5. The van der Waals surface area contributed by atoms with Crippen LogP contribution in [0.25, 0.3) is 0 Å². The Hall–Kier alpha value is -15.8. The number of ether oxygens (including phenoxy) is 12. The molecule has 0 N–H and O–H groups in total. The van der Waals surface area contributed by atoms with Gasteiger partial charge in [0.05, 0.1) is 191 Å². The molecule has 0 spiro atoms. The molecular formula is C104H124N12O24. The van der Waals surface area contributed by atoms with Crippen LogP contribution in [0.15, 0.2) is 257 Å². The number of hydrogen-bond acceptors (Lipinski definition) is 30. The minimum Gasteiger partial charge on any atom is -0.469 e. The lowest BCUT2D eigenvalue weighted by Crippen LogP contribution is -2.32. The predicted octanol–water partition coefficient (Wildman–Crippen LogP) is 16.0. The fraction of sp³-hybridized carbons (Fsp3) is 0.365. The molecular weight excluding hydrogens is 1800 g/mol. The average Bonchev–Trinajstić information content (AvgIpc) is 1.76. The van der Waals surface area contributed by atoms with Crippen molar-refractivity contribution < 1.29 is 114 Å². The van der Waals surface area contributed by atoms with Gasteiger partial charge in [0.2, 0.25) is 0 Å². The zero-order chi connectivity index (χ0) is 103. The maximum Gasteiger partial charge on any atom is 0.357 e. The molecule has 0 aliphatic carbocycles. The summed E-state index contributed by atoms with van der Waals surface area (Å²) in [7, 11) is 7.81. The highest BCUT2D eigenvalue weighted by atomic mass is 16.6. The van der Waals surface area contributed by atoms with Crippen molar-refractivity contribution in [3.8, 4) is 0 Å². The molecule has 0 unspecified atom stereocenters. The quantitative estimate of drug-likeness (QED) is 0.0260. The Morgan fingerprint density at radius 3 is 0.743 bits per heavy atom. The fourth-order valence-corrected chi connectivity index (χ4v) is 13.7. The maximum atomic E-state index is 12.5. The van der Waals surface area contributed by atoms with Gasteiger partial charge in [0.25, 0.3) is 0 Å². The minimum atomic E-state index is -0.963. The maximum absolute atomic E-state index is 12.5. The van der Waals surface area contributed by atoms with E-state index >= 15 is 0 Å². The van der Waals surface area contributed by atoms with Gasteiger partial charge in [0, 0.05) is 0 Å². The molecule has 12 rings (SSSR count). The molecule has 0 aliphatic rings. The Bertz CT molecular complexity index is 5700. The number of aromatic nitrogens is 12. The first-order chi connectivity index (χ1) is 66.8. The van der Waals surface area contributed by atoms with E-state index in [0.717, 1.165) is 33.4 Å². The lowest BCUT2D eigenvalue weighted by molar-refractivity contribution is -0.153. The van der Waals surface area contributed by atoms with E-state index in [9.17, 15) is 57.5 Å². The summed E-state index contributed by atoms with van der Waals surface area (Å²) in [6.45, 7) is 25.0. The summed E-state index contributed by atoms with van der Waals surface area (Å²) in [4.78, 5) is 166. The highest BCUT2D eigenvalue weighted by Crippen LogP contribution is 2.29. The summed E-state index contributed by atoms with van der Waals surface area (Å²) in [5, 5.41) is 0. The van der Waals surface area contributed by atoms with Crippen LogP contribution in [-0.2, 0) is 85.6 Å². The Kier molecular flexibility index (Phi) is 44.0. The fourth-order valence-electron chi connectivity index (χ4n) is 13.7. The van der Waals surface area contributed by atoms with Gasteiger partial charge in [-0.15, -0.1) is 0 Å². The number of hydrogen-bond donors (Lipinski definition) is 0.